The summed E-state index contributed by atoms with van der Waals surface area (Å²) in [5.74, 6) is 0.131. The van der Waals surface area contributed by atoms with Gasteiger partial charge in [0.2, 0.25) is 5.91 Å². The number of allylic oxidation sites excluding steroid dienone is 2. The molecule has 0 atom stereocenters. The van der Waals surface area contributed by atoms with Crippen LogP contribution in [0.5, 0.6) is 0 Å². The standard InChI is InChI=1S/C8H12N2O2/c1-6-5-8(12)3-4-10(6)9-7(2)11/h3,5,12H,4H2,1-2H3,(H,9,11). The molecule has 0 saturated carbocycles. The average molecular weight is 168 g/mol. The number of carbonyl (C=O) groups is 1. The number of aliphatic hydroxyl groups excluding tert-OH is 1. The van der Waals surface area contributed by atoms with Gasteiger partial charge in [0.1, 0.15) is 5.76 Å². The van der Waals surface area contributed by atoms with Crippen LogP contribution < -0.4 is 5.43 Å². The molecule has 0 aromatic carbocycles. The van der Waals surface area contributed by atoms with Crippen molar-refractivity contribution in [2.24, 2.45) is 0 Å². The SMILES string of the molecule is CC(=O)NN1CC=C(O)C=C1C. The van der Waals surface area contributed by atoms with Crippen LogP contribution in [0.3, 0.4) is 0 Å². The third kappa shape index (κ3) is 2.02. The Labute approximate surface area is 71.1 Å². The molecule has 1 heterocycles. The minimum atomic E-state index is -0.113. The topological polar surface area (TPSA) is 52.6 Å². The predicted molar refractivity (Wildman–Crippen MR) is 45.0 cm³/mol. The van der Waals surface area contributed by atoms with Crippen molar-refractivity contribution in [3.05, 3.63) is 23.6 Å². The lowest BCUT2D eigenvalue weighted by molar-refractivity contribution is -0.122. The first kappa shape index (κ1) is 8.64. The summed E-state index contributed by atoms with van der Waals surface area (Å²) in [5.41, 5.74) is 3.45. The summed E-state index contributed by atoms with van der Waals surface area (Å²) < 4.78 is 0. The van der Waals surface area contributed by atoms with E-state index in [1.54, 1.807) is 17.2 Å². The van der Waals surface area contributed by atoms with Gasteiger partial charge in [-0.25, -0.2) is 0 Å². The molecule has 12 heavy (non-hydrogen) atoms. The maximum absolute atomic E-state index is 10.7. The van der Waals surface area contributed by atoms with Crippen molar-refractivity contribution in [1.29, 1.82) is 0 Å². The first-order valence-electron chi connectivity index (χ1n) is 3.72. The third-order valence-electron chi connectivity index (χ3n) is 1.56. The molecular formula is C8H12N2O2. The first-order valence-corrected chi connectivity index (χ1v) is 3.72. The number of carbonyl (C=O) groups excluding carboxylic acids is 1. The van der Waals surface area contributed by atoms with E-state index in [2.05, 4.69) is 5.43 Å². The number of hydrogen-bond donors (Lipinski definition) is 2. The second kappa shape index (κ2) is 3.30. The molecule has 1 aliphatic heterocycles. The fourth-order valence-corrected chi connectivity index (χ4v) is 1.00. The van der Waals surface area contributed by atoms with Crippen LogP contribution in [-0.4, -0.2) is 22.6 Å². The van der Waals surface area contributed by atoms with Crippen molar-refractivity contribution < 1.29 is 9.90 Å². The van der Waals surface area contributed by atoms with E-state index < -0.39 is 0 Å². The van der Waals surface area contributed by atoms with E-state index in [0.29, 0.717) is 6.54 Å². The molecule has 0 aromatic rings. The molecular weight excluding hydrogens is 156 g/mol. The zero-order chi connectivity index (χ0) is 9.14. The number of aliphatic hydroxyl groups is 1. The van der Waals surface area contributed by atoms with E-state index in [4.69, 9.17) is 5.11 Å². The lowest BCUT2D eigenvalue weighted by Crippen LogP contribution is -2.40. The minimum Gasteiger partial charge on any atom is -0.508 e. The van der Waals surface area contributed by atoms with Crippen molar-refractivity contribution in [3.8, 4) is 0 Å². The van der Waals surface area contributed by atoms with Gasteiger partial charge in [0.25, 0.3) is 0 Å². The molecule has 2 N–H and O–H groups in total. The van der Waals surface area contributed by atoms with Crippen molar-refractivity contribution in [3.63, 3.8) is 0 Å². The minimum absolute atomic E-state index is 0.113. The molecule has 1 amide bonds. The highest BCUT2D eigenvalue weighted by Crippen LogP contribution is 2.09. The molecule has 0 fully saturated rings. The maximum atomic E-state index is 10.7. The molecule has 0 bridgehead atoms. The van der Waals surface area contributed by atoms with Crippen LogP contribution in [0.4, 0.5) is 0 Å². The van der Waals surface area contributed by atoms with E-state index in [0.717, 1.165) is 5.70 Å². The molecule has 1 aliphatic rings. The number of hydrogen-bond acceptors (Lipinski definition) is 3. The summed E-state index contributed by atoms with van der Waals surface area (Å²) in [6.45, 7) is 3.78. The number of hydrazine groups is 1. The van der Waals surface area contributed by atoms with Gasteiger partial charge >= 0.3 is 0 Å². The zero-order valence-electron chi connectivity index (χ0n) is 7.16. The molecule has 0 unspecified atom stereocenters. The highest BCUT2D eigenvalue weighted by atomic mass is 16.3. The van der Waals surface area contributed by atoms with Gasteiger partial charge in [-0.3, -0.25) is 15.2 Å². The average Bonchev–Trinajstić information content (AvgIpc) is 1.94. The van der Waals surface area contributed by atoms with Gasteiger partial charge in [-0.15, -0.1) is 0 Å². The summed E-state index contributed by atoms with van der Waals surface area (Å²) in [5, 5.41) is 10.7. The summed E-state index contributed by atoms with van der Waals surface area (Å²) in [6, 6.07) is 0. The lowest BCUT2D eigenvalue weighted by atomic mass is 10.3. The molecule has 0 saturated heterocycles. The molecule has 0 spiro atoms. The van der Waals surface area contributed by atoms with Crippen molar-refractivity contribution in [2.45, 2.75) is 13.8 Å². The van der Waals surface area contributed by atoms with Crippen LogP contribution in [0.2, 0.25) is 0 Å². The largest absolute Gasteiger partial charge is 0.508 e. The van der Waals surface area contributed by atoms with E-state index in [1.165, 1.54) is 6.92 Å². The Balaban J connectivity index is 2.62. The van der Waals surface area contributed by atoms with E-state index >= 15 is 0 Å². The van der Waals surface area contributed by atoms with Crippen molar-refractivity contribution >= 4 is 5.91 Å². The van der Waals surface area contributed by atoms with Crippen LogP contribution in [0, 0.1) is 0 Å². The van der Waals surface area contributed by atoms with Crippen LogP contribution in [0.15, 0.2) is 23.6 Å². The molecule has 66 valence electrons. The van der Waals surface area contributed by atoms with E-state index in [9.17, 15) is 4.79 Å². The molecule has 1 rings (SSSR count). The second-order valence-corrected chi connectivity index (χ2v) is 2.69. The van der Waals surface area contributed by atoms with Crippen molar-refractivity contribution in [2.75, 3.05) is 6.54 Å². The predicted octanol–water partition coefficient (Wildman–Crippen LogP) is 0.699. The molecule has 0 radical (unpaired) electrons. The van der Waals surface area contributed by atoms with Crippen molar-refractivity contribution in [1.82, 2.24) is 10.4 Å². The smallest absolute Gasteiger partial charge is 0.235 e. The van der Waals surface area contributed by atoms with Gasteiger partial charge in [0.05, 0.1) is 6.54 Å². The molecule has 4 nitrogen and oxygen atoms in total. The van der Waals surface area contributed by atoms with Gasteiger partial charge in [0, 0.05) is 18.7 Å². The van der Waals surface area contributed by atoms with Crippen LogP contribution in [0.1, 0.15) is 13.8 Å². The summed E-state index contributed by atoms with van der Waals surface area (Å²) in [4.78, 5) is 10.7. The first-order chi connectivity index (χ1) is 5.59. The molecule has 0 aromatic heterocycles. The zero-order valence-corrected chi connectivity index (χ0v) is 7.16. The Hall–Kier alpha value is -1.45. The Bertz CT molecular complexity index is 256. The van der Waals surface area contributed by atoms with Crippen LogP contribution in [-0.2, 0) is 4.79 Å². The lowest BCUT2D eigenvalue weighted by Gasteiger charge is -2.26. The third-order valence-corrected chi connectivity index (χ3v) is 1.56. The number of nitrogens with zero attached hydrogens (tertiary/aromatic N) is 1. The Morgan fingerprint density at radius 3 is 2.92 bits per heavy atom. The monoisotopic (exact) mass is 168 g/mol. The Morgan fingerprint density at radius 1 is 1.75 bits per heavy atom. The van der Waals surface area contributed by atoms with Gasteiger partial charge in [0.15, 0.2) is 0 Å². The second-order valence-electron chi connectivity index (χ2n) is 2.69. The van der Waals surface area contributed by atoms with Gasteiger partial charge < -0.3 is 5.11 Å². The van der Waals surface area contributed by atoms with Crippen LogP contribution >= 0.6 is 0 Å². The van der Waals surface area contributed by atoms with E-state index in [-0.39, 0.29) is 11.7 Å². The quantitative estimate of drug-likeness (QED) is 0.606. The number of amides is 1. The van der Waals surface area contributed by atoms with Gasteiger partial charge in [-0.1, -0.05) is 0 Å². The Morgan fingerprint density at radius 2 is 2.42 bits per heavy atom. The highest BCUT2D eigenvalue weighted by molar-refractivity contribution is 5.72. The Kier molecular flexibility index (Phi) is 2.38. The summed E-state index contributed by atoms with van der Waals surface area (Å²) in [7, 11) is 0. The summed E-state index contributed by atoms with van der Waals surface area (Å²) >= 11 is 0. The number of nitrogens with one attached hydrogen (secondary N) is 1. The fraction of sp³-hybridized carbons (Fsp3) is 0.375. The molecule has 0 aliphatic carbocycles. The van der Waals surface area contributed by atoms with E-state index in [1.807, 2.05) is 6.92 Å². The molecule has 4 heteroatoms. The fourth-order valence-electron chi connectivity index (χ4n) is 1.00. The van der Waals surface area contributed by atoms with Gasteiger partial charge in [-0.05, 0) is 13.0 Å². The maximum Gasteiger partial charge on any atom is 0.235 e. The normalized spacial score (nSPS) is 16.7. The highest BCUT2D eigenvalue weighted by Gasteiger charge is 2.09. The number of rotatable bonds is 1. The van der Waals surface area contributed by atoms with Gasteiger partial charge in [-0.2, -0.15) is 0 Å². The van der Waals surface area contributed by atoms with Crippen LogP contribution in [0.25, 0.3) is 0 Å². The summed E-state index contributed by atoms with van der Waals surface area (Å²) in [6.07, 6.45) is 3.22.